The van der Waals surface area contributed by atoms with Gasteiger partial charge in [0.05, 0.1) is 0 Å². The van der Waals surface area contributed by atoms with E-state index in [1.807, 2.05) is 0 Å². The van der Waals surface area contributed by atoms with E-state index in [4.69, 9.17) is 9.78 Å². The molecule has 0 spiro atoms. The Kier molecular flexibility index (Phi) is 9.52. The fraction of sp³-hybridized carbons (Fsp3) is 0.520. The zero-order valence-electron chi connectivity index (χ0n) is 18.4. The average Bonchev–Trinajstić information content (AvgIpc) is 3.12. The third-order valence-corrected chi connectivity index (χ3v) is 5.17. The summed E-state index contributed by atoms with van der Waals surface area (Å²) in [5.41, 5.74) is 6.78. The zero-order valence-corrected chi connectivity index (χ0v) is 18.4. The summed E-state index contributed by atoms with van der Waals surface area (Å²) in [6.45, 7) is 14.6. The van der Waals surface area contributed by atoms with Crippen LogP contribution in [-0.2, 0) is 18.0 Å². The highest BCUT2D eigenvalue weighted by Crippen LogP contribution is 2.27. The van der Waals surface area contributed by atoms with Gasteiger partial charge in [-0.3, -0.25) is 4.90 Å². The van der Waals surface area contributed by atoms with Gasteiger partial charge in [-0.05, 0) is 71.6 Å². The predicted octanol–water partition coefficient (Wildman–Crippen LogP) is 6.75. The molecule has 154 valence electrons. The summed E-state index contributed by atoms with van der Waals surface area (Å²) in [6, 6.07) is 6.39. The lowest BCUT2D eigenvalue weighted by Gasteiger charge is -2.19. The first kappa shape index (κ1) is 22.4. The van der Waals surface area contributed by atoms with E-state index in [2.05, 4.69) is 75.9 Å². The molecule has 3 heteroatoms. The van der Waals surface area contributed by atoms with Gasteiger partial charge in [0.15, 0.2) is 5.75 Å². The van der Waals surface area contributed by atoms with Crippen LogP contribution >= 0.6 is 0 Å². The molecule has 1 aromatic rings. The van der Waals surface area contributed by atoms with Crippen molar-refractivity contribution in [1.82, 2.24) is 4.90 Å². The Morgan fingerprint density at radius 3 is 2.43 bits per heavy atom. The van der Waals surface area contributed by atoms with Crippen molar-refractivity contribution in [1.29, 1.82) is 0 Å². The summed E-state index contributed by atoms with van der Waals surface area (Å²) in [6.07, 6.45) is 11.7. The summed E-state index contributed by atoms with van der Waals surface area (Å²) >= 11 is 0. The first-order valence-electron chi connectivity index (χ1n) is 10.6. The summed E-state index contributed by atoms with van der Waals surface area (Å²) in [5, 5.41) is 0. The Morgan fingerprint density at radius 1 is 1.00 bits per heavy atom. The molecule has 0 amide bonds. The fourth-order valence-corrected chi connectivity index (χ4v) is 3.24. The summed E-state index contributed by atoms with van der Waals surface area (Å²) in [7, 11) is 0. The molecule has 1 aliphatic rings. The Morgan fingerprint density at radius 2 is 1.71 bits per heavy atom. The van der Waals surface area contributed by atoms with E-state index in [9.17, 15) is 0 Å². The van der Waals surface area contributed by atoms with E-state index < -0.39 is 0 Å². The number of rotatable bonds is 11. The monoisotopic (exact) mass is 383 g/mol. The lowest BCUT2D eigenvalue weighted by Crippen LogP contribution is -2.23. The highest BCUT2D eigenvalue weighted by molar-refractivity contribution is 5.38. The Bertz CT molecular complexity index is 711. The summed E-state index contributed by atoms with van der Waals surface area (Å²) in [5.74, 6) is 0.868. The van der Waals surface area contributed by atoms with Gasteiger partial charge in [-0.25, -0.2) is 0 Å². The third-order valence-electron chi connectivity index (χ3n) is 5.17. The quantitative estimate of drug-likeness (QED) is 0.311. The van der Waals surface area contributed by atoms with Gasteiger partial charge in [0, 0.05) is 18.7 Å². The molecule has 0 radical (unpaired) electrons. The second kappa shape index (κ2) is 11.9. The second-order valence-electron chi connectivity index (χ2n) is 8.08. The molecule has 1 heterocycles. The predicted molar refractivity (Wildman–Crippen MR) is 118 cm³/mol. The molecule has 0 saturated heterocycles. The topological polar surface area (TPSA) is 21.7 Å². The SMILES string of the molecule is CCN(C/C=C(\C)CC/C=C(\C)CCC=C(C)C)Cc1ccc2c(c1)OOC2. The lowest BCUT2D eigenvalue weighted by atomic mass is 10.1. The number of fused-ring (bicyclic) bond motifs is 1. The van der Waals surface area contributed by atoms with Gasteiger partial charge in [0.25, 0.3) is 0 Å². The number of allylic oxidation sites excluding steroid dienone is 5. The standard InChI is InChI=1S/C25H37NO2/c1-6-26(18-23-13-14-24-19-27-28-25(24)17-23)16-15-22(5)12-8-11-21(4)10-7-9-20(2)3/h9,11,13-15,17H,6-8,10,12,16,18-19H2,1-5H3/b21-11+,22-15+. The summed E-state index contributed by atoms with van der Waals surface area (Å²) in [4.78, 5) is 12.7. The van der Waals surface area contributed by atoms with Crippen molar-refractivity contribution in [3.8, 4) is 5.75 Å². The molecule has 0 atom stereocenters. The molecule has 0 fully saturated rings. The van der Waals surface area contributed by atoms with Crippen LogP contribution in [0.1, 0.15) is 71.4 Å². The van der Waals surface area contributed by atoms with Crippen LogP contribution in [0.15, 0.2) is 53.1 Å². The van der Waals surface area contributed by atoms with Crippen LogP contribution in [0.3, 0.4) is 0 Å². The van der Waals surface area contributed by atoms with Crippen LogP contribution in [0.25, 0.3) is 0 Å². The van der Waals surface area contributed by atoms with Gasteiger partial charge >= 0.3 is 0 Å². The molecule has 28 heavy (non-hydrogen) atoms. The molecule has 3 nitrogen and oxygen atoms in total. The van der Waals surface area contributed by atoms with Gasteiger partial charge < -0.3 is 4.89 Å². The minimum Gasteiger partial charge on any atom is -0.337 e. The van der Waals surface area contributed by atoms with Crippen LogP contribution in [0.4, 0.5) is 0 Å². The van der Waals surface area contributed by atoms with Crippen LogP contribution in [-0.4, -0.2) is 18.0 Å². The third kappa shape index (κ3) is 8.04. The van der Waals surface area contributed by atoms with Crippen molar-refractivity contribution in [2.75, 3.05) is 13.1 Å². The van der Waals surface area contributed by atoms with Crippen molar-refractivity contribution in [3.63, 3.8) is 0 Å². The maximum absolute atomic E-state index is 5.21. The second-order valence-corrected chi connectivity index (χ2v) is 8.08. The number of hydrogen-bond donors (Lipinski definition) is 0. The molecule has 0 saturated carbocycles. The van der Waals surface area contributed by atoms with Crippen molar-refractivity contribution in [2.45, 2.75) is 73.5 Å². The molecule has 0 unspecified atom stereocenters. The minimum absolute atomic E-state index is 0.553. The van der Waals surface area contributed by atoms with Crippen LogP contribution in [0.5, 0.6) is 5.75 Å². The van der Waals surface area contributed by atoms with Gasteiger partial charge in [-0.1, -0.05) is 54.0 Å². The smallest absolute Gasteiger partial charge is 0.171 e. The fourth-order valence-electron chi connectivity index (χ4n) is 3.24. The lowest BCUT2D eigenvalue weighted by molar-refractivity contribution is -0.194. The highest BCUT2D eigenvalue weighted by atomic mass is 17.2. The first-order valence-corrected chi connectivity index (χ1v) is 10.6. The zero-order chi connectivity index (χ0) is 20.4. The summed E-state index contributed by atoms with van der Waals surface area (Å²) < 4.78 is 0. The van der Waals surface area contributed by atoms with Crippen molar-refractivity contribution < 1.29 is 9.78 Å². The van der Waals surface area contributed by atoms with Crippen molar-refractivity contribution in [2.24, 2.45) is 0 Å². The number of hydrogen-bond acceptors (Lipinski definition) is 3. The maximum Gasteiger partial charge on any atom is 0.171 e. The van der Waals surface area contributed by atoms with E-state index in [-0.39, 0.29) is 0 Å². The van der Waals surface area contributed by atoms with Crippen molar-refractivity contribution in [3.05, 3.63) is 64.3 Å². The van der Waals surface area contributed by atoms with E-state index in [0.29, 0.717) is 6.61 Å². The molecule has 1 aliphatic heterocycles. The molecule has 1 aromatic carbocycles. The normalized spacial score (nSPS) is 14.2. The van der Waals surface area contributed by atoms with E-state index in [1.54, 1.807) is 0 Å². The molecule has 0 bridgehead atoms. The maximum atomic E-state index is 5.21. The largest absolute Gasteiger partial charge is 0.337 e. The van der Waals surface area contributed by atoms with Crippen LogP contribution in [0, 0.1) is 0 Å². The molecule has 0 N–H and O–H groups in total. The number of nitrogens with zero attached hydrogens (tertiary/aromatic N) is 1. The highest BCUT2D eigenvalue weighted by Gasteiger charge is 2.14. The Balaban J connectivity index is 1.76. The molecular weight excluding hydrogens is 346 g/mol. The van der Waals surface area contributed by atoms with Gasteiger partial charge in [0.1, 0.15) is 6.61 Å². The average molecular weight is 384 g/mol. The van der Waals surface area contributed by atoms with E-state index >= 15 is 0 Å². The molecule has 0 aliphatic carbocycles. The molecular formula is C25H37NO2. The molecule has 2 rings (SSSR count). The van der Waals surface area contributed by atoms with E-state index in [0.717, 1.165) is 50.2 Å². The number of benzene rings is 1. The van der Waals surface area contributed by atoms with Gasteiger partial charge in [0.2, 0.25) is 0 Å². The number of likely N-dealkylation sites (N-methyl/N-ethyl adjacent to an activating group) is 1. The van der Waals surface area contributed by atoms with Crippen LogP contribution in [0.2, 0.25) is 0 Å². The first-order chi connectivity index (χ1) is 13.5. The minimum atomic E-state index is 0.553. The Labute approximate surface area is 171 Å². The van der Waals surface area contributed by atoms with Gasteiger partial charge in [-0.15, -0.1) is 0 Å². The molecule has 0 aromatic heterocycles. The van der Waals surface area contributed by atoms with Gasteiger partial charge in [-0.2, -0.15) is 4.89 Å². The van der Waals surface area contributed by atoms with E-state index in [1.165, 1.54) is 28.7 Å². The Hall–Kier alpha value is -1.84. The van der Waals surface area contributed by atoms with Crippen molar-refractivity contribution >= 4 is 0 Å². The van der Waals surface area contributed by atoms with Crippen LogP contribution < -0.4 is 4.89 Å².